The Morgan fingerprint density at radius 2 is 2.19 bits per heavy atom. The molecule has 0 radical (unpaired) electrons. The Kier molecular flexibility index (Phi) is 4.76. The molecule has 1 heterocycles. The van der Waals surface area contributed by atoms with Gasteiger partial charge in [0, 0.05) is 13.1 Å². The van der Waals surface area contributed by atoms with Crippen LogP contribution in [0.1, 0.15) is 38.7 Å². The van der Waals surface area contributed by atoms with Gasteiger partial charge in [-0.3, -0.25) is 9.59 Å². The summed E-state index contributed by atoms with van der Waals surface area (Å²) in [7, 11) is 0. The molecule has 0 saturated heterocycles. The van der Waals surface area contributed by atoms with E-state index in [0.29, 0.717) is 5.69 Å². The number of carbonyl (C=O) groups excluding carboxylic acids is 1. The molecule has 0 unspecified atom stereocenters. The van der Waals surface area contributed by atoms with Crippen LogP contribution in [0.25, 0.3) is 0 Å². The Hall–Kier alpha value is -1.58. The van der Waals surface area contributed by atoms with Crippen molar-refractivity contribution < 1.29 is 4.79 Å². The van der Waals surface area contributed by atoms with E-state index in [1.54, 1.807) is 6.20 Å². The van der Waals surface area contributed by atoms with Crippen molar-refractivity contribution in [1.82, 2.24) is 4.98 Å². The van der Waals surface area contributed by atoms with Crippen molar-refractivity contribution >= 4 is 11.6 Å². The van der Waals surface area contributed by atoms with Gasteiger partial charge in [-0.25, -0.2) is 0 Å². The van der Waals surface area contributed by atoms with E-state index in [2.05, 4.69) is 17.2 Å². The summed E-state index contributed by atoms with van der Waals surface area (Å²) in [5.41, 5.74) is 1.07. The molecule has 1 aromatic heterocycles. The SMILES string of the molecule is CCCCCc1cc[nH]c(=O)c1NC(C)=O. The van der Waals surface area contributed by atoms with Crippen LogP contribution in [0.4, 0.5) is 5.69 Å². The number of anilines is 1. The molecule has 0 aromatic carbocycles. The van der Waals surface area contributed by atoms with Crippen LogP contribution in [0, 0.1) is 0 Å². The summed E-state index contributed by atoms with van der Waals surface area (Å²) in [5, 5.41) is 2.59. The maximum absolute atomic E-state index is 11.5. The molecule has 0 atom stereocenters. The summed E-state index contributed by atoms with van der Waals surface area (Å²) in [4.78, 5) is 25.1. The highest BCUT2D eigenvalue weighted by molar-refractivity contribution is 5.89. The van der Waals surface area contributed by atoms with Crippen LogP contribution in [-0.4, -0.2) is 10.9 Å². The number of aromatic nitrogens is 1. The minimum atomic E-state index is -0.232. The molecule has 1 aromatic rings. The number of unbranched alkanes of at least 4 members (excludes halogenated alkanes) is 2. The van der Waals surface area contributed by atoms with Crippen molar-refractivity contribution in [2.45, 2.75) is 39.5 Å². The normalized spacial score (nSPS) is 10.1. The fourth-order valence-corrected chi connectivity index (χ4v) is 1.61. The minimum Gasteiger partial charge on any atom is -0.327 e. The standard InChI is InChI=1S/C12H18N2O2/c1-3-4-5-6-10-7-8-13-12(16)11(10)14-9(2)15/h7-8H,3-6H2,1-2H3,(H,13,16)(H,14,15). The monoisotopic (exact) mass is 222 g/mol. The molecule has 0 fully saturated rings. The van der Waals surface area contributed by atoms with Gasteiger partial charge in [-0.15, -0.1) is 0 Å². The summed E-state index contributed by atoms with van der Waals surface area (Å²) in [6.07, 6.45) is 5.75. The maximum atomic E-state index is 11.5. The van der Waals surface area contributed by atoms with Crippen molar-refractivity contribution in [1.29, 1.82) is 0 Å². The van der Waals surface area contributed by atoms with Gasteiger partial charge in [-0.2, -0.15) is 0 Å². The topological polar surface area (TPSA) is 62.0 Å². The molecule has 1 amide bonds. The first kappa shape index (κ1) is 12.5. The fraction of sp³-hybridized carbons (Fsp3) is 0.500. The second kappa shape index (κ2) is 6.10. The van der Waals surface area contributed by atoms with Crippen LogP contribution in [0.2, 0.25) is 0 Å². The molecular weight excluding hydrogens is 204 g/mol. The van der Waals surface area contributed by atoms with E-state index in [1.807, 2.05) is 6.07 Å². The predicted molar refractivity (Wildman–Crippen MR) is 64.6 cm³/mol. The number of hydrogen-bond acceptors (Lipinski definition) is 2. The largest absolute Gasteiger partial charge is 0.327 e. The summed E-state index contributed by atoms with van der Waals surface area (Å²) in [5.74, 6) is -0.214. The summed E-state index contributed by atoms with van der Waals surface area (Å²) in [6.45, 7) is 3.54. The highest BCUT2D eigenvalue weighted by Gasteiger charge is 2.07. The zero-order valence-corrected chi connectivity index (χ0v) is 9.80. The molecule has 0 bridgehead atoms. The second-order valence-electron chi connectivity index (χ2n) is 3.85. The highest BCUT2D eigenvalue weighted by atomic mass is 16.2. The summed E-state index contributed by atoms with van der Waals surface area (Å²) in [6, 6.07) is 1.85. The molecule has 1 rings (SSSR count). The third-order valence-corrected chi connectivity index (χ3v) is 2.40. The van der Waals surface area contributed by atoms with Crippen molar-refractivity contribution in [2.24, 2.45) is 0 Å². The van der Waals surface area contributed by atoms with E-state index in [-0.39, 0.29) is 11.5 Å². The molecule has 4 heteroatoms. The Labute approximate surface area is 95.1 Å². The Morgan fingerprint density at radius 1 is 1.44 bits per heavy atom. The number of carbonyl (C=O) groups is 1. The summed E-state index contributed by atoms with van der Waals surface area (Å²) < 4.78 is 0. The zero-order chi connectivity index (χ0) is 12.0. The van der Waals surface area contributed by atoms with Crippen LogP contribution >= 0.6 is 0 Å². The van der Waals surface area contributed by atoms with Crippen LogP contribution in [0.3, 0.4) is 0 Å². The van der Waals surface area contributed by atoms with Crippen LogP contribution in [0.15, 0.2) is 17.1 Å². The van der Waals surface area contributed by atoms with E-state index in [1.165, 1.54) is 6.92 Å². The van der Waals surface area contributed by atoms with E-state index in [9.17, 15) is 9.59 Å². The first-order valence-electron chi connectivity index (χ1n) is 5.63. The average molecular weight is 222 g/mol. The number of pyridine rings is 1. The van der Waals surface area contributed by atoms with E-state index < -0.39 is 0 Å². The van der Waals surface area contributed by atoms with Gasteiger partial charge in [0.1, 0.15) is 5.69 Å². The van der Waals surface area contributed by atoms with Crippen LogP contribution in [-0.2, 0) is 11.2 Å². The molecule has 0 saturated carbocycles. The third kappa shape index (κ3) is 3.53. The maximum Gasteiger partial charge on any atom is 0.271 e. The lowest BCUT2D eigenvalue weighted by Gasteiger charge is -2.07. The number of hydrogen-bond donors (Lipinski definition) is 2. The molecule has 2 N–H and O–H groups in total. The quantitative estimate of drug-likeness (QED) is 0.749. The van der Waals surface area contributed by atoms with Crippen LogP contribution < -0.4 is 10.9 Å². The van der Waals surface area contributed by atoms with E-state index >= 15 is 0 Å². The molecular formula is C12H18N2O2. The van der Waals surface area contributed by atoms with Crippen molar-refractivity contribution in [3.63, 3.8) is 0 Å². The lowest BCUT2D eigenvalue weighted by Crippen LogP contribution is -2.19. The molecule has 0 aliphatic rings. The number of aryl methyl sites for hydroxylation is 1. The van der Waals surface area contributed by atoms with Crippen molar-refractivity contribution in [2.75, 3.05) is 5.32 Å². The molecule has 16 heavy (non-hydrogen) atoms. The first-order valence-corrected chi connectivity index (χ1v) is 5.63. The van der Waals surface area contributed by atoms with Crippen molar-refractivity contribution in [3.05, 3.63) is 28.2 Å². The Balaban J connectivity index is 2.85. The smallest absolute Gasteiger partial charge is 0.271 e. The Morgan fingerprint density at radius 3 is 2.81 bits per heavy atom. The van der Waals surface area contributed by atoms with E-state index in [0.717, 1.165) is 31.2 Å². The van der Waals surface area contributed by atoms with Gasteiger partial charge in [0.15, 0.2) is 0 Å². The third-order valence-electron chi connectivity index (χ3n) is 2.40. The van der Waals surface area contributed by atoms with Crippen LogP contribution in [0.5, 0.6) is 0 Å². The lowest BCUT2D eigenvalue weighted by atomic mass is 10.1. The molecule has 88 valence electrons. The number of rotatable bonds is 5. The van der Waals surface area contributed by atoms with Gasteiger partial charge in [-0.05, 0) is 24.5 Å². The Bertz CT molecular complexity index is 410. The highest BCUT2D eigenvalue weighted by Crippen LogP contribution is 2.13. The lowest BCUT2D eigenvalue weighted by molar-refractivity contribution is -0.114. The van der Waals surface area contributed by atoms with Gasteiger partial charge in [0.2, 0.25) is 5.91 Å². The average Bonchev–Trinajstić information content (AvgIpc) is 2.23. The number of aromatic amines is 1. The molecule has 0 aliphatic carbocycles. The van der Waals surface area contributed by atoms with Gasteiger partial charge < -0.3 is 10.3 Å². The van der Waals surface area contributed by atoms with Gasteiger partial charge in [-0.1, -0.05) is 19.8 Å². The van der Waals surface area contributed by atoms with E-state index in [4.69, 9.17) is 0 Å². The van der Waals surface area contributed by atoms with Gasteiger partial charge in [0.05, 0.1) is 0 Å². The second-order valence-corrected chi connectivity index (χ2v) is 3.85. The zero-order valence-electron chi connectivity index (χ0n) is 9.80. The van der Waals surface area contributed by atoms with Gasteiger partial charge in [0.25, 0.3) is 5.56 Å². The van der Waals surface area contributed by atoms with Crippen molar-refractivity contribution in [3.8, 4) is 0 Å². The minimum absolute atomic E-state index is 0.214. The van der Waals surface area contributed by atoms with Gasteiger partial charge >= 0.3 is 0 Å². The summed E-state index contributed by atoms with van der Waals surface area (Å²) >= 11 is 0. The first-order chi connectivity index (χ1) is 7.65. The number of H-pyrrole nitrogens is 1. The molecule has 4 nitrogen and oxygen atoms in total. The fourth-order valence-electron chi connectivity index (χ4n) is 1.61. The number of nitrogens with one attached hydrogen (secondary N) is 2. The predicted octanol–water partition coefficient (Wildman–Crippen LogP) is 2.07. The number of amides is 1. The molecule has 0 aliphatic heterocycles. The molecule has 0 spiro atoms.